The summed E-state index contributed by atoms with van der Waals surface area (Å²) < 4.78 is 5.28. The Bertz CT molecular complexity index is 337. The smallest absolute Gasteiger partial charge is 0.257 e. The molecule has 1 aromatic rings. The molecule has 1 amide bonds. The molecule has 0 spiro atoms. The monoisotopic (exact) mass is 194 g/mol. The number of ether oxygens (including phenoxy) is 1. The van der Waals surface area contributed by atoms with Crippen molar-refractivity contribution in [2.45, 2.75) is 6.92 Å². The Hall–Kier alpha value is -1.71. The summed E-state index contributed by atoms with van der Waals surface area (Å²) in [5.41, 5.74) is 7.17. The molecule has 14 heavy (non-hydrogen) atoms. The number of nitrogen functional groups attached to an aromatic ring is 1. The van der Waals surface area contributed by atoms with Crippen molar-refractivity contribution in [2.24, 2.45) is 0 Å². The molecule has 1 rings (SSSR count). The van der Waals surface area contributed by atoms with Crippen LogP contribution in [-0.2, 0) is 4.79 Å². The summed E-state index contributed by atoms with van der Waals surface area (Å²) in [5, 5.41) is 2.47. The van der Waals surface area contributed by atoms with Gasteiger partial charge in [-0.3, -0.25) is 4.79 Å². The van der Waals surface area contributed by atoms with Crippen LogP contribution in [0.3, 0.4) is 0 Å². The molecule has 1 aromatic carbocycles. The first-order chi connectivity index (χ1) is 6.63. The lowest BCUT2D eigenvalue weighted by atomic mass is 10.2. The largest absolute Gasteiger partial charge is 0.483 e. The van der Waals surface area contributed by atoms with Crippen molar-refractivity contribution < 1.29 is 9.53 Å². The summed E-state index contributed by atoms with van der Waals surface area (Å²) in [6, 6.07) is 5.36. The number of carbonyl (C=O) groups excluding carboxylic acids is 1. The molecule has 0 fully saturated rings. The molecule has 0 aromatic heterocycles. The Morgan fingerprint density at radius 3 is 2.93 bits per heavy atom. The number of amides is 1. The van der Waals surface area contributed by atoms with Crippen molar-refractivity contribution in [1.29, 1.82) is 0 Å². The van der Waals surface area contributed by atoms with E-state index in [9.17, 15) is 4.79 Å². The van der Waals surface area contributed by atoms with Crippen molar-refractivity contribution in [3.8, 4) is 5.75 Å². The second kappa shape index (κ2) is 4.50. The minimum atomic E-state index is -0.160. The minimum absolute atomic E-state index is 0.0147. The summed E-state index contributed by atoms with van der Waals surface area (Å²) in [5.74, 6) is 0.487. The van der Waals surface area contributed by atoms with Gasteiger partial charge in [0.15, 0.2) is 6.61 Å². The number of anilines is 1. The van der Waals surface area contributed by atoms with Gasteiger partial charge in [0, 0.05) is 18.8 Å². The second-order valence-corrected chi connectivity index (χ2v) is 2.99. The van der Waals surface area contributed by atoms with Crippen molar-refractivity contribution in [2.75, 3.05) is 19.4 Å². The van der Waals surface area contributed by atoms with E-state index in [1.54, 1.807) is 19.2 Å². The summed E-state index contributed by atoms with van der Waals surface area (Å²) in [6.45, 7) is 1.92. The molecular weight excluding hydrogens is 180 g/mol. The van der Waals surface area contributed by atoms with Gasteiger partial charge in [-0.05, 0) is 18.6 Å². The molecule has 0 unspecified atom stereocenters. The van der Waals surface area contributed by atoms with E-state index >= 15 is 0 Å². The molecule has 0 saturated carbocycles. The van der Waals surface area contributed by atoms with Crippen molar-refractivity contribution >= 4 is 11.6 Å². The third kappa shape index (κ3) is 2.65. The van der Waals surface area contributed by atoms with Crippen LogP contribution >= 0.6 is 0 Å². The van der Waals surface area contributed by atoms with E-state index in [2.05, 4.69) is 5.32 Å². The van der Waals surface area contributed by atoms with Crippen LogP contribution in [0.2, 0.25) is 0 Å². The first-order valence-corrected chi connectivity index (χ1v) is 4.33. The fourth-order valence-electron chi connectivity index (χ4n) is 0.988. The molecule has 0 aliphatic rings. The number of hydrogen-bond donors (Lipinski definition) is 2. The predicted molar refractivity (Wildman–Crippen MR) is 55.2 cm³/mol. The van der Waals surface area contributed by atoms with Crippen LogP contribution in [-0.4, -0.2) is 19.6 Å². The number of rotatable bonds is 3. The van der Waals surface area contributed by atoms with Gasteiger partial charge in [-0.1, -0.05) is 6.07 Å². The summed E-state index contributed by atoms with van der Waals surface area (Å²) in [6.07, 6.45) is 0. The van der Waals surface area contributed by atoms with E-state index in [0.717, 1.165) is 5.56 Å². The number of aryl methyl sites for hydroxylation is 1. The van der Waals surface area contributed by atoms with Gasteiger partial charge in [-0.15, -0.1) is 0 Å². The predicted octanol–water partition coefficient (Wildman–Crippen LogP) is 0.702. The van der Waals surface area contributed by atoms with Gasteiger partial charge in [0.2, 0.25) is 0 Å². The summed E-state index contributed by atoms with van der Waals surface area (Å²) in [7, 11) is 1.57. The average Bonchev–Trinajstić information content (AvgIpc) is 2.19. The Labute approximate surface area is 83.1 Å². The van der Waals surface area contributed by atoms with Gasteiger partial charge in [0.1, 0.15) is 5.75 Å². The van der Waals surface area contributed by atoms with E-state index in [4.69, 9.17) is 10.5 Å². The van der Waals surface area contributed by atoms with E-state index in [0.29, 0.717) is 11.4 Å². The van der Waals surface area contributed by atoms with Crippen molar-refractivity contribution in [3.05, 3.63) is 23.8 Å². The maximum absolute atomic E-state index is 10.9. The quantitative estimate of drug-likeness (QED) is 0.696. The molecule has 0 bridgehead atoms. The molecule has 0 aliphatic carbocycles. The second-order valence-electron chi connectivity index (χ2n) is 2.99. The molecule has 0 saturated heterocycles. The molecule has 0 heterocycles. The third-order valence-corrected chi connectivity index (χ3v) is 1.85. The van der Waals surface area contributed by atoms with Crippen LogP contribution in [0.1, 0.15) is 5.56 Å². The van der Waals surface area contributed by atoms with Crippen LogP contribution in [0.15, 0.2) is 18.2 Å². The van der Waals surface area contributed by atoms with Gasteiger partial charge in [0.05, 0.1) is 0 Å². The Balaban J connectivity index is 2.66. The number of benzene rings is 1. The molecule has 0 atom stereocenters. The zero-order valence-corrected chi connectivity index (χ0v) is 8.33. The van der Waals surface area contributed by atoms with Crippen LogP contribution in [0.5, 0.6) is 5.75 Å². The van der Waals surface area contributed by atoms with Gasteiger partial charge >= 0.3 is 0 Å². The van der Waals surface area contributed by atoms with Gasteiger partial charge in [-0.2, -0.15) is 0 Å². The highest BCUT2D eigenvalue weighted by Crippen LogP contribution is 2.20. The molecule has 0 radical (unpaired) electrons. The molecule has 3 N–H and O–H groups in total. The highest BCUT2D eigenvalue weighted by molar-refractivity contribution is 5.77. The molecule has 4 nitrogen and oxygen atoms in total. The van der Waals surface area contributed by atoms with E-state index in [-0.39, 0.29) is 12.5 Å². The topological polar surface area (TPSA) is 64.3 Å². The fraction of sp³-hybridized carbons (Fsp3) is 0.300. The molecule has 76 valence electrons. The number of likely N-dealkylation sites (N-methyl/N-ethyl adjacent to an activating group) is 1. The molecule has 0 aliphatic heterocycles. The zero-order chi connectivity index (χ0) is 10.6. The number of nitrogens with two attached hydrogens (primary N) is 1. The molecular formula is C10H14N2O2. The Kier molecular flexibility index (Phi) is 3.34. The first kappa shape index (κ1) is 10.4. The number of hydrogen-bond acceptors (Lipinski definition) is 3. The van der Waals surface area contributed by atoms with E-state index < -0.39 is 0 Å². The maximum atomic E-state index is 10.9. The van der Waals surface area contributed by atoms with Crippen LogP contribution in [0, 0.1) is 6.92 Å². The summed E-state index contributed by atoms with van der Waals surface area (Å²) >= 11 is 0. The lowest BCUT2D eigenvalue weighted by molar-refractivity contribution is -0.122. The third-order valence-electron chi connectivity index (χ3n) is 1.85. The highest BCUT2D eigenvalue weighted by atomic mass is 16.5. The summed E-state index contributed by atoms with van der Waals surface area (Å²) in [4.78, 5) is 10.9. The number of nitrogens with one attached hydrogen (secondary N) is 1. The van der Waals surface area contributed by atoms with Crippen LogP contribution in [0.4, 0.5) is 5.69 Å². The minimum Gasteiger partial charge on any atom is -0.483 e. The standard InChI is InChI=1S/C10H14N2O2/c1-7-3-4-8(11)5-9(7)14-6-10(13)12-2/h3-5H,6,11H2,1-2H3,(H,12,13). The van der Waals surface area contributed by atoms with E-state index in [1.807, 2.05) is 13.0 Å². The van der Waals surface area contributed by atoms with E-state index in [1.165, 1.54) is 0 Å². The van der Waals surface area contributed by atoms with Gasteiger partial charge in [-0.25, -0.2) is 0 Å². The first-order valence-electron chi connectivity index (χ1n) is 4.33. The maximum Gasteiger partial charge on any atom is 0.257 e. The lowest BCUT2D eigenvalue weighted by Gasteiger charge is -2.08. The Morgan fingerprint density at radius 2 is 2.29 bits per heavy atom. The van der Waals surface area contributed by atoms with Crippen molar-refractivity contribution in [3.63, 3.8) is 0 Å². The fourth-order valence-corrected chi connectivity index (χ4v) is 0.988. The van der Waals surface area contributed by atoms with Crippen LogP contribution in [0.25, 0.3) is 0 Å². The molecule has 4 heteroatoms. The average molecular weight is 194 g/mol. The normalized spacial score (nSPS) is 9.57. The van der Waals surface area contributed by atoms with Crippen LogP contribution < -0.4 is 15.8 Å². The SMILES string of the molecule is CNC(=O)COc1cc(N)ccc1C. The number of carbonyl (C=O) groups is 1. The lowest BCUT2D eigenvalue weighted by Crippen LogP contribution is -2.25. The zero-order valence-electron chi connectivity index (χ0n) is 8.33. The van der Waals surface area contributed by atoms with Gasteiger partial charge < -0.3 is 15.8 Å². The van der Waals surface area contributed by atoms with Gasteiger partial charge in [0.25, 0.3) is 5.91 Å². The Morgan fingerprint density at radius 1 is 1.57 bits per heavy atom. The highest BCUT2D eigenvalue weighted by Gasteiger charge is 2.02. The van der Waals surface area contributed by atoms with Crippen molar-refractivity contribution in [1.82, 2.24) is 5.32 Å².